The third-order valence-electron chi connectivity index (χ3n) is 13.5. The van der Waals surface area contributed by atoms with Crippen LogP contribution in [-0.2, 0) is 17.6 Å². The first-order valence-corrected chi connectivity index (χ1v) is 21.6. The summed E-state index contributed by atoms with van der Waals surface area (Å²) < 4.78 is 25.4. The minimum atomic E-state index is -0.931. The lowest BCUT2D eigenvalue weighted by Crippen LogP contribution is -2.44. The van der Waals surface area contributed by atoms with Crippen LogP contribution in [0.3, 0.4) is 0 Å². The molecule has 7 aromatic rings. The molecular weight excluding hydrogens is 749 g/mol. The zero-order chi connectivity index (χ0) is 42.1. The molecule has 0 radical (unpaired) electrons. The average molecular weight is 803 g/mol. The van der Waals surface area contributed by atoms with Crippen LogP contribution in [0.25, 0.3) is 39.1 Å². The second-order valence-electron chi connectivity index (χ2n) is 19.1. The number of ether oxygens (including phenoxy) is 4. The summed E-state index contributed by atoms with van der Waals surface area (Å²) in [5.74, 6) is 3.37. The Labute approximate surface area is 360 Å². The first kappa shape index (κ1) is 38.9. The minimum absolute atomic E-state index is 0.129. The van der Waals surface area contributed by atoms with Gasteiger partial charge in [0.15, 0.2) is 5.60 Å². The average Bonchev–Trinajstić information content (AvgIpc) is 3.53. The van der Waals surface area contributed by atoms with Crippen LogP contribution < -0.4 is 18.9 Å². The zero-order valence-corrected chi connectivity index (χ0v) is 36.4. The van der Waals surface area contributed by atoms with Crippen LogP contribution >= 0.6 is 0 Å². The van der Waals surface area contributed by atoms with Crippen LogP contribution in [0.1, 0.15) is 85.9 Å². The molecule has 3 aliphatic rings. The maximum absolute atomic E-state index is 7.85. The van der Waals surface area contributed by atoms with E-state index in [9.17, 15) is 0 Å². The Hall–Kier alpha value is -6.26. The monoisotopic (exact) mass is 802 g/mol. The van der Waals surface area contributed by atoms with Crippen molar-refractivity contribution in [2.75, 3.05) is 14.2 Å². The Balaban J connectivity index is 1.22. The third kappa shape index (κ3) is 6.50. The molecule has 1 saturated carbocycles. The van der Waals surface area contributed by atoms with E-state index < -0.39 is 5.60 Å². The number of hydrogen-bond donors (Lipinski definition) is 0. The van der Waals surface area contributed by atoms with Gasteiger partial charge >= 0.3 is 0 Å². The van der Waals surface area contributed by atoms with Crippen LogP contribution in [0.15, 0.2) is 146 Å². The van der Waals surface area contributed by atoms with E-state index in [2.05, 4.69) is 144 Å². The van der Waals surface area contributed by atoms with E-state index in [4.69, 9.17) is 18.9 Å². The fraction of sp³-hybridized carbons (Fsp3) is 0.263. The Morgan fingerprint density at radius 2 is 1.18 bits per heavy atom. The van der Waals surface area contributed by atoms with Gasteiger partial charge in [-0.15, -0.1) is 0 Å². The van der Waals surface area contributed by atoms with Crippen molar-refractivity contribution in [1.82, 2.24) is 0 Å². The molecule has 4 nitrogen and oxygen atoms in total. The summed E-state index contributed by atoms with van der Waals surface area (Å²) in [5, 5.41) is 2.34. The first-order valence-electron chi connectivity index (χ1n) is 21.6. The topological polar surface area (TPSA) is 36.9 Å². The molecule has 0 saturated heterocycles. The van der Waals surface area contributed by atoms with Gasteiger partial charge in [0.2, 0.25) is 0 Å². The molecule has 0 N–H and O–H groups in total. The molecule has 2 aliphatic carbocycles. The van der Waals surface area contributed by atoms with Gasteiger partial charge in [-0.25, -0.2) is 0 Å². The van der Waals surface area contributed by atoms with Crippen LogP contribution in [-0.4, -0.2) is 14.2 Å². The van der Waals surface area contributed by atoms with Gasteiger partial charge < -0.3 is 18.9 Å². The molecule has 61 heavy (non-hydrogen) atoms. The normalized spacial score (nSPS) is 17.2. The molecule has 1 spiro atoms. The molecule has 0 amide bonds. The molecule has 0 atom stereocenters. The van der Waals surface area contributed by atoms with Gasteiger partial charge in [0.1, 0.15) is 29.6 Å². The summed E-state index contributed by atoms with van der Waals surface area (Å²) in [7, 11) is 3.42. The number of methoxy groups -OCH3 is 2. The highest BCUT2D eigenvalue weighted by Gasteiger charge is 2.55. The summed E-state index contributed by atoms with van der Waals surface area (Å²) in [6.07, 6.45) is 8.00. The SMILES string of the molecule is COc1ccc(C2(c3ccc(OC)cc3)C=Cc3c4c(c5cc(C)c(-c6ccc(OCc7ccccc7)cc6)cc5c3O2)-c2ccccc2C42CC(C)(C)CC(C)(C)C2)cc1. The van der Waals surface area contributed by atoms with Crippen LogP contribution in [0.5, 0.6) is 23.0 Å². The molecule has 0 aromatic heterocycles. The van der Waals surface area contributed by atoms with Gasteiger partial charge in [-0.3, -0.25) is 0 Å². The van der Waals surface area contributed by atoms with Crippen molar-refractivity contribution in [3.8, 4) is 45.3 Å². The van der Waals surface area contributed by atoms with Crippen molar-refractivity contribution < 1.29 is 18.9 Å². The van der Waals surface area contributed by atoms with E-state index in [1.165, 1.54) is 50.8 Å². The number of benzene rings is 7. The minimum Gasteiger partial charge on any atom is -0.497 e. The highest BCUT2D eigenvalue weighted by molar-refractivity contribution is 6.10. The van der Waals surface area contributed by atoms with Crippen molar-refractivity contribution >= 4 is 16.8 Å². The lowest BCUT2D eigenvalue weighted by molar-refractivity contribution is 0.0642. The number of rotatable bonds is 8. The van der Waals surface area contributed by atoms with Crippen molar-refractivity contribution in [3.63, 3.8) is 0 Å². The molecule has 0 bridgehead atoms. The number of hydrogen-bond acceptors (Lipinski definition) is 4. The highest BCUT2D eigenvalue weighted by atomic mass is 16.5. The van der Waals surface area contributed by atoms with E-state index in [1.54, 1.807) is 14.2 Å². The summed E-state index contributed by atoms with van der Waals surface area (Å²) in [6.45, 7) is 12.7. The van der Waals surface area contributed by atoms with E-state index in [-0.39, 0.29) is 16.2 Å². The van der Waals surface area contributed by atoms with Crippen LogP contribution in [0, 0.1) is 17.8 Å². The quantitative estimate of drug-likeness (QED) is 0.153. The van der Waals surface area contributed by atoms with Gasteiger partial charge in [0.25, 0.3) is 0 Å². The van der Waals surface area contributed by atoms with E-state index >= 15 is 0 Å². The summed E-state index contributed by atoms with van der Waals surface area (Å²) in [5.41, 5.74) is 12.6. The number of fused-ring (bicyclic) bond motifs is 10. The van der Waals surface area contributed by atoms with Gasteiger partial charge in [-0.2, -0.15) is 0 Å². The van der Waals surface area contributed by atoms with Gasteiger partial charge in [-0.05, 0) is 135 Å². The smallest absolute Gasteiger partial charge is 0.178 e. The largest absolute Gasteiger partial charge is 0.497 e. The molecule has 306 valence electrons. The van der Waals surface area contributed by atoms with Crippen molar-refractivity contribution in [2.45, 2.75) is 71.5 Å². The van der Waals surface area contributed by atoms with Crippen LogP contribution in [0.2, 0.25) is 0 Å². The molecule has 1 aliphatic heterocycles. The van der Waals surface area contributed by atoms with Crippen molar-refractivity contribution in [3.05, 3.63) is 185 Å². The second kappa shape index (κ2) is 14.4. The van der Waals surface area contributed by atoms with Crippen LogP contribution in [0.4, 0.5) is 0 Å². The number of aryl methyl sites for hydroxylation is 1. The Bertz CT molecular complexity index is 2750. The highest BCUT2D eigenvalue weighted by Crippen LogP contribution is 2.67. The van der Waals surface area contributed by atoms with Gasteiger partial charge in [0, 0.05) is 27.5 Å². The summed E-state index contributed by atoms with van der Waals surface area (Å²) in [6, 6.07) is 49.6. The van der Waals surface area contributed by atoms with E-state index in [0.29, 0.717) is 6.61 Å². The van der Waals surface area contributed by atoms with Gasteiger partial charge in [-0.1, -0.05) is 131 Å². The van der Waals surface area contributed by atoms with E-state index in [0.717, 1.165) is 63.5 Å². The lowest BCUT2D eigenvalue weighted by atomic mass is 9.52. The molecule has 1 heterocycles. The predicted octanol–water partition coefficient (Wildman–Crippen LogP) is 14.3. The molecule has 7 aromatic carbocycles. The molecule has 10 rings (SSSR count). The van der Waals surface area contributed by atoms with Crippen molar-refractivity contribution in [2.24, 2.45) is 10.8 Å². The molecule has 4 heteroatoms. The maximum Gasteiger partial charge on any atom is 0.178 e. The van der Waals surface area contributed by atoms with E-state index in [1.807, 2.05) is 42.5 Å². The molecule has 0 unspecified atom stereocenters. The first-order chi connectivity index (χ1) is 29.4. The standard InChI is InChI=1S/C57H54O4/c1-37-31-48-49(32-47(37)39-17-23-44(24-18-39)60-33-38-13-9-8-10-14-38)53-46(52-51(48)45-15-11-12-16-50(45)56(52)35-54(2,3)34-55(4,5)36-56)29-30-57(61-53,40-19-25-42(58-6)26-20-40)41-21-27-43(59-7)28-22-41/h8-32H,33-36H2,1-7H3. The third-order valence-corrected chi connectivity index (χ3v) is 13.5. The van der Waals surface area contributed by atoms with Gasteiger partial charge in [0.05, 0.1) is 14.2 Å². The zero-order valence-electron chi connectivity index (χ0n) is 36.4. The fourth-order valence-corrected chi connectivity index (χ4v) is 11.7. The maximum atomic E-state index is 7.85. The Kier molecular flexibility index (Phi) is 9.21. The molecular formula is C57H54O4. The lowest BCUT2D eigenvalue weighted by Gasteiger charge is -2.52. The fourth-order valence-electron chi connectivity index (χ4n) is 11.7. The Morgan fingerprint density at radius 3 is 1.80 bits per heavy atom. The summed E-state index contributed by atoms with van der Waals surface area (Å²) >= 11 is 0. The molecule has 1 fully saturated rings. The summed E-state index contributed by atoms with van der Waals surface area (Å²) in [4.78, 5) is 0. The Morgan fingerprint density at radius 1 is 0.590 bits per heavy atom. The van der Waals surface area contributed by atoms with Crippen molar-refractivity contribution in [1.29, 1.82) is 0 Å². The second-order valence-corrected chi connectivity index (χ2v) is 19.1. The predicted molar refractivity (Wildman–Crippen MR) is 249 cm³/mol.